The molecule has 136 valence electrons. The Hall–Kier alpha value is -1.76. The van der Waals surface area contributed by atoms with Crippen molar-refractivity contribution in [2.24, 2.45) is 5.92 Å². The maximum atomic E-state index is 5.06. The topological polar surface area (TPSA) is 12.9 Å². The van der Waals surface area contributed by atoms with Gasteiger partial charge in [-0.05, 0) is 30.0 Å². The summed E-state index contributed by atoms with van der Waals surface area (Å²) < 4.78 is 0. The fourth-order valence-electron chi connectivity index (χ4n) is 3.64. The van der Waals surface area contributed by atoms with Crippen LogP contribution in [0.4, 0.5) is 0 Å². The number of nitrogens with zero attached hydrogens (tertiary/aromatic N) is 1. The van der Waals surface area contributed by atoms with Crippen molar-refractivity contribution >= 4 is 58.0 Å². The van der Waals surface area contributed by atoms with Crippen LogP contribution in [0, 0.1) is 5.92 Å². The Morgan fingerprint density at radius 2 is 1.43 bits per heavy atom. The summed E-state index contributed by atoms with van der Waals surface area (Å²) in [6.45, 7) is 4.54. The largest absolute Gasteiger partial charge is 0.248 e. The molecule has 0 amide bonds. The molecule has 0 aliphatic carbocycles. The van der Waals surface area contributed by atoms with E-state index in [1.807, 2.05) is 0 Å². The second-order valence-corrected chi connectivity index (χ2v) is 10.6. The molecule has 0 aliphatic rings. The normalized spacial score (nSPS) is 12.5. The Morgan fingerprint density at radius 3 is 1.96 bits per heavy atom. The van der Waals surface area contributed by atoms with Gasteiger partial charge in [-0.1, -0.05) is 71.6 Å². The van der Waals surface area contributed by atoms with Crippen molar-refractivity contribution < 1.29 is 0 Å². The first-order chi connectivity index (χ1) is 12.9. The van der Waals surface area contributed by atoms with Crippen LogP contribution in [-0.2, 0) is 16.6 Å². The van der Waals surface area contributed by atoms with Crippen molar-refractivity contribution in [3.8, 4) is 11.3 Å². The highest BCUT2D eigenvalue weighted by Crippen LogP contribution is 2.30. The molecule has 0 bridgehead atoms. The van der Waals surface area contributed by atoms with E-state index in [0.717, 1.165) is 17.6 Å². The van der Waals surface area contributed by atoms with Crippen LogP contribution >= 0.6 is 0 Å². The van der Waals surface area contributed by atoms with Crippen LogP contribution in [0.1, 0.15) is 30.5 Å². The highest BCUT2D eigenvalue weighted by atomic mass is 14.7. The second kappa shape index (κ2) is 7.58. The zero-order valence-electron chi connectivity index (χ0n) is 18.9. The molecule has 0 atom stereocenters. The van der Waals surface area contributed by atoms with Crippen molar-refractivity contribution in [1.29, 1.82) is 0 Å². The van der Waals surface area contributed by atoms with Gasteiger partial charge in [0, 0.05) is 10.9 Å². The Balaban J connectivity index is 2.16. The van der Waals surface area contributed by atoms with Gasteiger partial charge in [0.15, 0.2) is 0 Å². The number of benzene rings is 2. The molecule has 3 rings (SSSR count). The van der Waals surface area contributed by atoms with E-state index in [0.29, 0.717) is 5.92 Å². The van der Waals surface area contributed by atoms with Crippen molar-refractivity contribution in [3.63, 3.8) is 0 Å². The Labute approximate surface area is 175 Å². The summed E-state index contributed by atoms with van der Waals surface area (Å²) in [6.07, 6.45) is 1.09. The minimum Gasteiger partial charge on any atom is -0.248 e. The summed E-state index contributed by atoms with van der Waals surface area (Å²) in [5.74, 6) is 0.642. The third-order valence-corrected chi connectivity index (χ3v) is 5.41. The van der Waals surface area contributed by atoms with Crippen molar-refractivity contribution in [2.75, 3.05) is 0 Å². The molecule has 1 heterocycles. The number of rotatable bonds is 5. The first-order valence-corrected chi connectivity index (χ1v) is 10.5. The van der Waals surface area contributed by atoms with E-state index in [9.17, 15) is 0 Å². The SMILES string of the molecule is BC(B)(B)c1cc(-c2ccc3c(CC(C)C)cccc3n2)cc(C(B)(B)B)c1. The molecule has 0 radical (unpaired) electrons. The zero-order chi connectivity index (χ0) is 20.7. The predicted octanol–water partition coefficient (Wildman–Crippen LogP) is -0.881. The summed E-state index contributed by atoms with van der Waals surface area (Å²) in [4.78, 5) is 5.06. The molecule has 0 aliphatic heterocycles. The van der Waals surface area contributed by atoms with Crippen LogP contribution in [0.3, 0.4) is 0 Å². The average molecular weight is 360 g/mol. The van der Waals surface area contributed by atoms with Gasteiger partial charge in [-0.3, -0.25) is 0 Å². The van der Waals surface area contributed by atoms with Gasteiger partial charge in [0.1, 0.15) is 0 Å². The van der Waals surface area contributed by atoms with Gasteiger partial charge < -0.3 is 0 Å². The summed E-state index contributed by atoms with van der Waals surface area (Å²) in [5.41, 5.74) is 7.49. The Morgan fingerprint density at radius 1 is 0.821 bits per heavy atom. The quantitative estimate of drug-likeness (QED) is 0.539. The smallest absolute Gasteiger partial charge is 0.0955 e. The van der Waals surface area contributed by atoms with Crippen molar-refractivity contribution in [2.45, 2.75) is 30.5 Å². The molecule has 3 aromatic rings. The lowest BCUT2D eigenvalue weighted by Crippen LogP contribution is -2.30. The summed E-state index contributed by atoms with van der Waals surface area (Å²) in [5, 5.41) is 1.50. The van der Waals surface area contributed by atoms with Crippen molar-refractivity contribution in [1.82, 2.24) is 4.98 Å². The fraction of sp³-hybridized carbons (Fsp3) is 0.286. The molecule has 1 aromatic heterocycles. The van der Waals surface area contributed by atoms with Crippen molar-refractivity contribution in [3.05, 3.63) is 65.2 Å². The van der Waals surface area contributed by atoms with Crippen LogP contribution in [-0.4, -0.2) is 52.1 Å². The lowest BCUT2D eigenvalue weighted by atomic mass is 9.37. The Bertz CT molecular complexity index is 970. The third-order valence-electron chi connectivity index (χ3n) is 5.41. The van der Waals surface area contributed by atoms with E-state index in [1.54, 1.807) is 0 Å². The molecule has 28 heavy (non-hydrogen) atoms. The first kappa shape index (κ1) is 21.0. The number of hydrogen-bond donors (Lipinski definition) is 0. The van der Waals surface area contributed by atoms with Gasteiger partial charge in [0.05, 0.1) is 58.3 Å². The van der Waals surface area contributed by atoms with Crippen LogP contribution in [0.5, 0.6) is 0 Å². The highest BCUT2D eigenvalue weighted by molar-refractivity contribution is 6.60. The third kappa shape index (κ3) is 4.62. The first-order valence-electron chi connectivity index (χ1n) is 10.5. The molecular weight excluding hydrogens is 331 g/mol. The summed E-state index contributed by atoms with van der Waals surface area (Å²) >= 11 is 0. The number of hydrogen-bond acceptors (Lipinski definition) is 1. The van der Waals surface area contributed by atoms with Gasteiger partial charge in [0.25, 0.3) is 0 Å². The van der Waals surface area contributed by atoms with E-state index in [1.165, 1.54) is 27.6 Å². The summed E-state index contributed by atoms with van der Waals surface area (Å²) in [6, 6.07) is 18.0. The predicted molar refractivity (Wildman–Crippen MR) is 140 cm³/mol. The van der Waals surface area contributed by atoms with E-state index < -0.39 is 0 Å². The molecule has 1 nitrogen and oxygen atoms in total. The number of aromatic nitrogens is 1. The molecule has 2 aromatic carbocycles. The van der Waals surface area contributed by atoms with Gasteiger partial charge in [-0.15, -0.1) is 0 Å². The molecule has 0 saturated heterocycles. The second-order valence-electron chi connectivity index (χ2n) is 10.6. The van der Waals surface area contributed by atoms with Crippen LogP contribution in [0.25, 0.3) is 22.2 Å². The van der Waals surface area contributed by atoms with Gasteiger partial charge in [0.2, 0.25) is 0 Å². The standard InChI is InChI=1S/C21H29B6N/c1-12(2)8-13-4-3-5-19-17(13)6-7-18(28-19)14-9-15(20(22,23)24)11-16(10-14)21(25,26)27/h3-7,9-12H,8,22-27H2,1-2H3. The average Bonchev–Trinajstić information content (AvgIpc) is 2.59. The van der Waals surface area contributed by atoms with Gasteiger partial charge >= 0.3 is 0 Å². The fourth-order valence-corrected chi connectivity index (χ4v) is 3.64. The highest BCUT2D eigenvalue weighted by Gasteiger charge is 2.21. The molecule has 0 unspecified atom stereocenters. The zero-order valence-corrected chi connectivity index (χ0v) is 18.9. The maximum absolute atomic E-state index is 5.06. The van der Waals surface area contributed by atoms with Crippen LogP contribution in [0.15, 0.2) is 48.5 Å². The monoisotopic (exact) mass is 361 g/mol. The molecular formula is C21H29B6N. The molecule has 7 heteroatoms. The van der Waals surface area contributed by atoms with Gasteiger partial charge in [-0.2, -0.15) is 0 Å². The lowest BCUT2D eigenvalue weighted by Gasteiger charge is -2.26. The molecule has 0 fully saturated rings. The minimum atomic E-state index is 0.108. The lowest BCUT2D eigenvalue weighted by molar-refractivity contribution is 0.650. The van der Waals surface area contributed by atoms with E-state index in [2.05, 4.69) is 109 Å². The molecule has 0 saturated carbocycles. The number of pyridine rings is 1. The van der Waals surface area contributed by atoms with E-state index >= 15 is 0 Å². The Kier molecular flexibility index (Phi) is 5.67. The van der Waals surface area contributed by atoms with Crippen LogP contribution in [0.2, 0.25) is 0 Å². The van der Waals surface area contributed by atoms with E-state index in [-0.39, 0.29) is 10.2 Å². The summed E-state index contributed by atoms with van der Waals surface area (Å²) in [7, 11) is 13.7. The minimum absolute atomic E-state index is 0.108. The van der Waals surface area contributed by atoms with E-state index in [4.69, 9.17) is 4.98 Å². The number of fused-ring (bicyclic) bond motifs is 1. The van der Waals surface area contributed by atoms with Gasteiger partial charge in [-0.25, -0.2) is 4.98 Å². The van der Waals surface area contributed by atoms with Crippen LogP contribution < -0.4 is 0 Å². The molecule has 0 N–H and O–H groups in total. The molecule has 0 spiro atoms. The maximum Gasteiger partial charge on any atom is 0.0955 e.